The van der Waals surface area contributed by atoms with Gasteiger partial charge in [0.2, 0.25) is 0 Å². The van der Waals surface area contributed by atoms with Crippen LogP contribution in [0.2, 0.25) is 0 Å². The van der Waals surface area contributed by atoms with E-state index in [1.54, 1.807) is 6.07 Å². The topological polar surface area (TPSA) is 21.7 Å². The van der Waals surface area contributed by atoms with Crippen LogP contribution < -0.4 is 4.74 Å². The maximum atomic E-state index is 14.3. The molecule has 3 heterocycles. The molecule has 3 nitrogen and oxygen atoms in total. The Labute approximate surface area is 160 Å². The second-order valence-corrected chi connectivity index (χ2v) is 8.17. The van der Waals surface area contributed by atoms with Gasteiger partial charge in [-0.2, -0.15) is 0 Å². The van der Waals surface area contributed by atoms with Crippen molar-refractivity contribution in [3.8, 4) is 16.9 Å². The second-order valence-electron chi connectivity index (χ2n) is 8.17. The molecule has 2 aromatic carbocycles. The standard InChI is InChI=1S/C23H26FNO2/c1-2-16-3-4-18(12-21(16)24)17-5-6-22-20(11-17)23(15-27-22)7-9-25(10-8-23)19-13-26-14-19/h3-6,11-12,19H,2,7-10,13-15H2,1H3. The highest BCUT2D eigenvalue weighted by Gasteiger charge is 2.44. The minimum absolute atomic E-state index is 0.106. The lowest BCUT2D eigenvalue weighted by molar-refractivity contribution is -0.0764. The van der Waals surface area contributed by atoms with Crippen LogP contribution in [0, 0.1) is 5.82 Å². The Hall–Kier alpha value is -1.91. The lowest BCUT2D eigenvalue weighted by atomic mass is 9.73. The average Bonchev–Trinajstić information content (AvgIpc) is 3.00. The van der Waals surface area contributed by atoms with Crippen molar-refractivity contribution in [2.24, 2.45) is 0 Å². The highest BCUT2D eigenvalue weighted by molar-refractivity contribution is 5.67. The van der Waals surface area contributed by atoms with E-state index in [0.29, 0.717) is 6.04 Å². The van der Waals surface area contributed by atoms with Crippen molar-refractivity contribution in [2.75, 3.05) is 32.9 Å². The summed E-state index contributed by atoms with van der Waals surface area (Å²) in [5.74, 6) is 0.891. The summed E-state index contributed by atoms with van der Waals surface area (Å²) in [5.41, 5.74) is 4.21. The SMILES string of the molecule is CCc1ccc(-c2ccc3c(c2)C2(CCN(C4COC4)CC2)CO3)cc1F. The van der Waals surface area contributed by atoms with Gasteiger partial charge in [-0.25, -0.2) is 4.39 Å². The molecule has 27 heavy (non-hydrogen) atoms. The third kappa shape index (κ3) is 2.86. The summed E-state index contributed by atoms with van der Waals surface area (Å²) in [6.07, 6.45) is 2.95. The molecule has 2 aromatic rings. The van der Waals surface area contributed by atoms with Gasteiger partial charge in [0.1, 0.15) is 11.6 Å². The number of likely N-dealkylation sites (tertiary alicyclic amines) is 1. The Morgan fingerprint density at radius 1 is 1.07 bits per heavy atom. The van der Waals surface area contributed by atoms with Crippen LogP contribution in [0.5, 0.6) is 5.75 Å². The number of ether oxygens (including phenoxy) is 2. The van der Waals surface area contributed by atoms with Gasteiger partial charge >= 0.3 is 0 Å². The van der Waals surface area contributed by atoms with E-state index in [4.69, 9.17) is 9.47 Å². The zero-order chi connectivity index (χ0) is 18.4. The second kappa shape index (κ2) is 6.61. The molecule has 0 aromatic heterocycles. The molecular formula is C23H26FNO2. The summed E-state index contributed by atoms with van der Waals surface area (Å²) in [4.78, 5) is 2.56. The first kappa shape index (κ1) is 17.2. The molecule has 5 rings (SSSR count). The molecule has 0 aliphatic carbocycles. The molecule has 0 atom stereocenters. The van der Waals surface area contributed by atoms with Gasteiger partial charge in [-0.15, -0.1) is 0 Å². The van der Waals surface area contributed by atoms with E-state index in [2.05, 4.69) is 23.1 Å². The van der Waals surface area contributed by atoms with Gasteiger partial charge in [0.05, 0.1) is 25.9 Å². The minimum Gasteiger partial charge on any atom is -0.492 e. The molecule has 3 aliphatic rings. The zero-order valence-electron chi connectivity index (χ0n) is 15.8. The van der Waals surface area contributed by atoms with Crippen LogP contribution in [0.4, 0.5) is 4.39 Å². The molecule has 142 valence electrons. The summed E-state index contributed by atoms with van der Waals surface area (Å²) in [7, 11) is 0. The smallest absolute Gasteiger partial charge is 0.127 e. The van der Waals surface area contributed by atoms with Gasteiger partial charge in [-0.3, -0.25) is 4.90 Å². The monoisotopic (exact) mass is 367 g/mol. The van der Waals surface area contributed by atoms with Gasteiger partial charge in [-0.1, -0.05) is 25.1 Å². The lowest BCUT2D eigenvalue weighted by Gasteiger charge is -2.44. The van der Waals surface area contributed by atoms with Gasteiger partial charge in [-0.05, 0) is 67.2 Å². The summed E-state index contributed by atoms with van der Waals surface area (Å²) < 4.78 is 25.7. The van der Waals surface area contributed by atoms with E-state index < -0.39 is 0 Å². The maximum absolute atomic E-state index is 14.3. The first-order chi connectivity index (χ1) is 13.2. The molecule has 1 spiro atoms. The fourth-order valence-electron chi connectivity index (χ4n) is 4.72. The number of fused-ring (bicyclic) bond motifs is 2. The number of hydrogen-bond donors (Lipinski definition) is 0. The highest BCUT2D eigenvalue weighted by atomic mass is 19.1. The molecule has 0 unspecified atom stereocenters. The van der Waals surface area contributed by atoms with E-state index in [-0.39, 0.29) is 11.2 Å². The maximum Gasteiger partial charge on any atom is 0.127 e. The van der Waals surface area contributed by atoms with Crippen molar-refractivity contribution >= 4 is 0 Å². The predicted molar refractivity (Wildman–Crippen MR) is 104 cm³/mol. The molecule has 2 fully saturated rings. The van der Waals surface area contributed by atoms with Gasteiger partial charge in [0, 0.05) is 11.0 Å². The normalized spacial score (nSPS) is 21.7. The van der Waals surface area contributed by atoms with Crippen molar-refractivity contribution in [2.45, 2.75) is 37.6 Å². The predicted octanol–water partition coefficient (Wildman–Crippen LogP) is 4.18. The Kier molecular flexibility index (Phi) is 4.21. The molecule has 0 radical (unpaired) electrons. The number of halogens is 1. The van der Waals surface area contributed by atoms with Crippen LogP contribution >= 0.6 is 0 Å². The lowest BCUT2D eigenvalue weighted by Crippen LogP contribution is -2.54. The molecule has 0 bridgehead atoms. The van der Waals surface area contributed by atoms with E-state index in [1.165, 1.54) is 5.56 Å². The van der Waals surface area contributed by atoms with E-state index >= 15 is 0 Å². The quantitative estimate of drug-likeness (QED) is 0.812. The number of hydrogen-bond acceptors (Lipinski definition) is 3. The van der Waals surface area contributed by atoms with Crippen LogP contribution in [0.25, 0.3) is 11.1 Å². The van der Waals surface area contributed by atoms with Crippen molar-refractivity contribution < 1.29 is 13.9 Å². The Bertz CT molecular complexity index is 853. The Morgan fingerprint density at radius 2 is 1.81 bits per heavy atom. The molecule has 0 saturated carbocycles. The summed E-state index contributed by atoms with van der Waals surface area (Å²) >= 11 is 0. The molecule has 2 saturated heterocycles. The number of piperidine rings is 1. The summed E-state index contributed by atoms with van der Waals surface area (Å²) in [6, 6.07) is 12.6. The fourth-order valence-corrected chi connectivity index (χ4v) is 4.72. The van der Waals surface area contributed by atoms with E-state index in [0.717, 1.165) is 74.6 Å². The number of nitrogens with zero attached hydrogens (tertiary/aromatic N) is 1. The average molecular weight is 367 g/mol. The molecule has 0 amide bonds. The van der Waals surface area contributed by atoms with Crippen LogP contribution in [0.3, 0.4) is 0 Å². The van der Waals surface area contributed by atoms with Crippen LogP contribution in [0.1, 0.15) is 30.9 Å². The Morgan fingerprint density at radius 3 is 2.48 bits per heavy atom. The third-order valence-corrected chi connectivity index (χ3v) is 6.71. The molecule has 3 aliphatic heterocycles. The molecule has 4 heteroatoms. The van der Waals surface area contributed by atoms with Crippen LogP contribution in [0.15, 0.2) is 36.4 Å². The van der Waals surface area contributed by atoms with Crippen molar-refractivity contribution in [1.82, 2.24) is 4.90 Å². The molecule has 0 N–H and O–H groups in total. The zero-order valence-corrected chi connectivity index (χ0v) is 15.8. The Balaban J connectivity index is 1.43. The minimum atomic E-state index is -0.113. The number of rotatable bonds is 3. The first-order valence-electron chi connectivity index (χ1n) is 10.1. The first-order valence-corrected chi connectivity index (χ1v) is 10.1. The van der Waals surface area contributed by atoms with Gasteiger partial charge in [0.25, 0.3) is 0 Å². The van der Waals surface area contributed by atoms with Gasteiger partial charge < -0.3 is 9.47 Å². The van der Waals surface area contributed by atoms with E-state index in [1.807, 2.05) is 19.1 Å². The van der Waals surface area contributed by atoms with Crippen molar-refractivity contribution in [3.05, 3.63) is 53.3 Å². The summed E-state index contributed by atoms with van der Waals surface area (Å²) in [5, 5.41) is 0. The van der Waals surface area contributed by atoms with Crippen LogP contribution in [-0.2, 0) is 16.6 Å². The van der Waals surface area contributed by atoms with E-state index in [9.17, 15) is 4.39 Å². The third-order valence-electron chi connectivity index (χ3n) is 6.71. The summed E-state index contributed by atoms with van der Waals surface area (Å²) in [6.45, 7) is 6.70. The van der Waals surface area contributed by atoms with Crippen LogP contribution in [-0.4, -0.2) is 43.9 Å². The number of benzene rings is 2. The van der Waals surface area contributed by atoms with Gasteiger partial charge in [0.15, 0.2) is 0 Å². The largest absolute Gasteiger partial charge is 0.492 e. The number of aryl methyl sites for hydroxylation is 1. The van der Waals surface area contributed by atoms with Crippen molar-refractivity contribution in [1.29, 1.82) is 0 Å². The fraction of sp³-hybridized carbons (Fsp3) is 0.478. The van der Waals surface area contributed by atoms with Crippen molar-refractivity contribution in [3.63, 3.8) is 0 Å². The molecular weight excluding hydrogens is 341 g/mol. The highest BCUT2D eigenvalue weighted by Crippen LogP contribution is 2.47.